The van der Waals surface area contributed by atoms with Crippen LogP contribution in [-0.4, -0.2) is 69.2 Å². The van der Waals surface area contributed by atoms with Crippen molar-refractivity contribution in [3.8, 4) is 0 Å². The first kappa shape index (κ1) is 21.9. The highest BCUT2D eigenvalue weighted by molar-refractivity contribution is 6.30. The van der Waals surface area contributed by atoms with E-state index in [1.54, 1.807) is 11.8 Å². The van der Waals surface area contributed by atoms with Crippen LogP contribution in [0.15, 0.2) is 6.07 Å². The Labute approximate surface area is 178 Å². The number of hydrogen-bond donors (Lipinski definition) is 1. The number of H-pyrrole nitrogens is 1. The number of alkyl halides is 1. The molecule has 0 spiro atoms. The second-order valence-electron chi connectivity index (χ2n) is 9.21. The van der Waals surface area contributed by atoms with Gasteiger partial charge in [0.1, 0.15) is 11.0 Å². The fraction of sp³-hybridized carbons (Fsp3) is 0.762. The Bertz CT molecular complexity index is 712. The fourth-order valence-corrected chi connectivity index (χ4v) is 4.26. The van der Waals surface area contributed by atoms with E-state index in [-0.39, 0.29) is 12.0 Å². The average molecular weight is 425 g/mol. The van der Waals surface area contributed by atoms with Crippen molar-refractivity contribution >= 4 is 23.6 Å². The molecule has 2 amide bonds. The summed E-state index contributed by atoms with van der Waals surface area (Å²) in [7, 11) is 0. The number of carbonyl (C=O) groups is 2. The topological polar surface area (TPSA) is 78.5 Å². The second kappa shape index (κ2) is 8.94. The van der Waals surface area contributed by atoms with Crippen LogP contribution in [0.5, 0.6) is 0 Å². The molecule has 1 atom stereocenters. The van der Waals surface area contributed by atoms with Gasteiger partial charge in [-0.2, -0.15) is 5.10 Å². The highest BCUT2D eigenvalue weighted by Gasteiger charge is 2.30. The second-order valence-corrected chi connectivity index (χ2v) is 9.86. The number of rotatable bonds is 3. The van der Waals surface area contributed by atoms with Crippen molar-refractivity contribution in [1.82, 2.24) is 20.0 Å². The van der Waals surface area contributed by atoms with Gasteiger partial charge in [-0.3, -0.25) is 9.89 Å². The van der Waals surface area contributed by atoms with Crippen LogP contribution >= 0.6 is 11.6 Å². The summed E-state index contributed by atoms with van der Waals surface area (Å²) in [5.41, 5.74) is 1.77. The maximum absolute atomic E-state index is 12.2. The van der Waals surface area contributed by atoms with Crippen LogP contribution in [-0.2, 0) is 9.53 Å². The molecule has 7 nitrogen and oxygen atoms in total. The van der Waals surface area contributed by atoms with Gasteiger partial charge >= 0.3 is 6.09 Å². The van der Waals surface area contributed by atoms with Crippen molar-refractivity contribution in [2.75, 3.05) is 26.2 Å². The molecule has 0 bridgehead atoms. The molecule has 162 valence electrons. The van der Waals surface area contributed by atoms with Crippen LogP contribution in [0, 0.1) is 0 Å². The number of hydrogen-bond acceptors (Lipinski definition) is 4. The summed E-state index contributed by atoms with van der Waals surface area (Å²) in [5, 5.41) is 7.32. The van der Waals surface area contributed by atoms with E-state index in [4.69, 9.17) is 16.3 Å². The maximum Gasteiger partial charge on any atom is 0.410 e. The molecule has 0 saturated carbocycles. The highest BCUT2D eigenvalue weighted by Crippen LogP contribution is 2.32. The van der Waals surface area contributed by atoms with E-state index in [0.29, 0.717) is 24.9 Å². The van der Waals surface area contributed by atoms with Crippen LogP contribution in [0.3, 0.4) is 0 Å². The van der Waals surface area contributed by atoms with E-state index in [2.05, 4.69) is 16.3 Å². The molecule has 1 aromatic heterocycles. The number of likely N-dealkylation sites (tertiary alicyclic amines) is 2. The van der Waals surface area contributed by atoms with E-state index >= 15 is 0 Å². The summed E-state index contributed by atoms with van der Waals surface area (Å²) in [6.45, 7) is 10.3. The Balaban J connectivity index is 1.50. The van der Waals surface area contributed by atoms with Crippen molar-refractivity contribution in [1.29, 1.82) is 0 Å². The van der Waals surface area contributed by atoms with Crippen LogP contribution in [0.25, 0.3) is 0 Å². The highest BCUT2D eigenvalue weighted by atomic mass is 35.5. The van der Waals surface area contributed by atoms with E-state index in [1.807, 2.05) is 25.7 Å². The van der Waals surface area contributed by atoms with Crippen molar-refractivity contribution in [3.05, 3.63) is 17.5 Å². The number of aromatic amines is 1. The van der Waals surface area contributed by atoms with Crippen LogP contribution in [0.1, 0.15) is 76.6 Å². The van der Waals surface area contributed by atoms with Gasteiger partial charge in [-0.25, -0.2) is 4.79 Å². The molecule has 3 rings (SSSR count). The number of piperidine rings is 2. The third-order valence-corrected chi connectivity index (χ3v) is 5.96. The largest absolute Gasteiger partial charge is 0.444 e. The first-order valence-electron chi connectivity index (χ1n) is 10.6. The smallest absolute Gasteiger partial charge is 0.410 e. The van der Waals surface area contributed by atoms with Crippen LogP contribution in [0.2, 0.25) is 0 Å². The normalized spacial score (nSPS) is 20.6. The van der Waals surface area contributed by atoms with Crippen LogP contribution < -0.4 is 0 Å². The molecule has 2 saturated heterocycles. The van der Waals surface area contributed by atoms with E-state index in [1.165, 1.54) is 0 Å². The lowest BCUT2D eigenvalue weighted by atomic mass is 9.90. The van der Waals surface area contributed by atoms with Gasteiger partial charge in [0, 0.05) is 43.7 Å². The third-order valence-electron chi connectivity index (χ3n) is 5.77. The Morgan fingerprint density at radius 1 is 1.10 bits per heavy atom. The predicted molar refractivity (Wildman–Crippen MR) is 112 cm³/mol. The zero-order valence-corrected chi connectivity index (χ0v) is 18.7. The van der Waals surface area contributed by atoms with Crippen molar-refractivity contribution in [2.24, 2.45) is 0 Å². The van der Waals surface area contributed by atoms with Gasteiger partial charge in [0.2, 0.25) is 5.91 Å². The molecular weight excluding hydrogens is 392 g/mol. The first-order chi connectivity index (χ1) is 13.6. The zero-order valence-electron chi connectivity index (χ0n) is 17.9. The molecule has 3 heterocycles. The van der Waals surface area contributed by atoms with Gasteiger partial charge in [-0.1, -0.05) is 0 Å². The van der Waals surface area contributed by atoms with Crippen LogP contribution in [0.4, 0.5) is 4.79 Å². The Hall–Kier alpha value is -1.76. The molecule has 1 N–H and O–H groups in total. The Morgan fingerprint density at radius 3 is 2.21 bits per heavy atom. The van der Waals surface area contributed by atoms with Gasteiger partial charge < -0.3 is 14.5 Å². The Kier molecular flexibility index (Phi) is 6.76. The molecule has 0 radical (unpaired) electrons. The van der Waals surface area contributed by atoms with Gasteiger partial charge in [-0.15, -0.1) is 11.6 Å². The molecule has 2 fully saturated rings. The van der Waals surface area contributed by atoms with Gasteiger partial charge in [0.05, 0.1) is 5.69 Å². The fourth-order valence-electron chi connectivity index (χ4n) is 4.12. The number of amides is 2. The van der Waals surface area contributed by atoms with Gasteiger partial charge in [0.15, 0.2) is 0 Å². The summed E-state index contributed by atoms with van der Waals surface area (Å²) in [6, 6.07) is 2.18. The number of ether oxygens (including phenoxy) is 1. The molecule has 2 aliphatic rings. The lowest BCUT2D eigenvalue weighted by Gasteiger charge is -2.33. The minimum absolute atomic E-state index is 0.0181. The maximum atomic E-state index is 12.2. The van der Waals surface area contributed by atoms with E-state index < -0.39 is 11.0 Å². The number of halogens is 1. The number of carbonyl (C=O) groups excluding carboxylic acids is 2. The number of aromatic nitrogens is 2. The molecule has 2 aliphatic heterocycles. The van der Waals surface area contributed by atoms with Crippen molar-refractivity contribution in [2.45, 2.75) is 76.2 Å². The minimum Gasteiger partial charge on any atom is -0.444 e. The molecule has 8 heteroatoms. The monoisotopic (exact) mass is 424 g/mol. The van der Waals surface area contributed by atoms with Crippen molar-refractivity contribution in [3.63, 3.8) is 0 Å². The lowest BCUT2D eigenvalue weighted by Crippen LogP contribution is -2.41. The SMILES string of the molecule is CC(Cl)C(=O)N1CCC(c2cc(C3CCN(C(=O)OC(C)(C)C)CC3)[nH]n2)CC1. The molecule has 1 aromatic rings. The molecule has 0 aliphatic carbocycles. The number of nitrogens with one attached hydrogen (secondary N) is 1. The lowest BCUT2D eigenvalue weighted by molar-refractivity contribution is -0.131. The first-order valence-corrected chi connectivity index (χ1v) is 11.0. The summed E-state index contributed by atoms with van der Waals surface area (Å²) in [6.07, 6.45) is 3.41. The van der Waals surface area contributed by atoms with Gasteiger partial charge in [0.25, 0.3) is 0 Å². The summed E-state index contributed by atoms with van der Waals surface area (Å²) < 4.78 is 5.47. The molecule has 1 unspecified atom stereocenters. The van der Waals surface area contributed by atoms with Gasteiger partial charge in [-0.05, 0) is 59.4 Å². The standard InChI is InChI=1S/C21H33ClN4O3/c1-14(22)19(27)25-9-5-15(6-10-25)17-13-18(24-23-17)16-7-11-26(12-8-16)20(28)29-21(2,3)4/h13-16H,5-12H2,1-4H3,(H,23,24). The van der Waals surface area contributed by atoms with E-state index in [0.717, 1.165) is 50.2 Å². The predicted octanol–water partition coefficient (Wildman–Crippen LogP) is 3.86. The van der Waals surface area contributed by atoms with Crippen molar-refractivity contribution < 1.29 is 14.3 Å². The minimum atomic E-state index is -0.464. The van der Waals surface area contributed by atoms with E-state index in [9.17, 15) is 9.59 Å². The molecule has 0 aromatic carbocycles. The Morgan fingerprint density at radius 2 is 1.66 bits per heavy atom. The third kappa shape index (κ3) is 5.65. The summed E-state index contributed by atoms with van der Waals surface area (Å²) in [5.74, 6) is 0.773. The zero-order chi connectivity index (χ0) is 21.2. The molecule has 29 heavy (non-hydrogen) atoms. The quantitative estimate of drug-likeness (QED) is 0.747. The number of nitrogens with zero attached hydrogens (tertiary/aromatic N) is 3. The summed E-state index contributed by atoms with van der Waals surface area (Å²) in [4.78, 5) is 27.9. The average Bonchev–Trinajstić information content (AvgIpc) is 3.16. The molecular formula is C21H33ClN4O3. The summed E-state index contributed by atoms with van der Waals surface area (Å²) >= 11 is 5.92.